The smallest absolute Gasteiger partial charge is 0.163 e. The maximum Gasteiger partial charge on any atom is 0.163 e. The maximum atomic E-state index is 5.85. The lowest BCUT2D eigenvalue weighted by Crippen LogP contribution is -2.33. The van der Waals surface area contributed by atoms with Gasteiger partial charge < -0.3 is 9.47 Å². The van der Waals surface area contributed by atoms with Crippen molar-refractivity contribution in [3.8, 4) is 0 Å². The topological polar surface area (TPSA) is 18.5 Å². The van der Waals surface area contributed by atoms with Gasteiger partial charge in [0.25, 0.3) is 0 Å². The third-order valence-electron chi connectivity index (χ3n) is 3.74. The van der Waals surface area contributed by atoms with Crippen LogP contribution in [0.15, 0.2) is 0 Å². The molecule has 2 fully saturated rings. The molecule has 2 aliphatic rings. The maximum absolute atomic E-state index is 5.85. The van der Waals surface area contributed by atoms with Crippen molar-refractivity contribution < 1.29 is 9.47 Å². The predicted octanol–water partition coefficient (Wildman–Crippen LogP) is 3.33. The van der Waals surface area contributed by atoms with Gasteiger partial charge in [-0.15, -0.1) is 11.6 Å². The highest BCUT2D eigenvalue weighted by Crippen LogP contribution is 2.41. The molecule has 0 aromatic rings. The number of halogens is 1. The summed E-state index contributed by atoms with van der Waals surface area (Å²) in [5, 5.41) is 0. The molecule has 88 valence electrons. The van der Waals surface area contributed by atoms with Crippen molar-refractivity contribution in [3.63, 3.8) is 0 Å². The summed E-state index contributed by atoms with van der Waals surface area (Å²) in [7, 11) is 0. The highest BCUT2D eigenvalue weighted by molar-refractivity contribution is 6.18. The van der Waals surface area contributed by atoms with Crippen LogP contribution in [0.4, 0.5) is 0 Å². The first-order valence-electron chi connectivity index (χ1n) is 6.08. The first kappa shape index (κ1) is 11.7. The molecule has 0 N–H and O–H groups in total. The number of hydrogen-bond donors (Lipinski definition) is 0. The summed E-state index contributed by atoms with van der Waals surface area (Å²) in [6.45, 7) is 2.98. The molecule has 1 aliphatic carbocycles. The summed E-state index contributed by atoms with van der Waals surface area (Å²) in [5.74, 6) is 0.548. The van der Waals surface area contributed by atoms with Crippen LogP contribution in [0.2, 0.25) is 0 Å². The van der Waals surface area contributed by atoms with Crippen molar-refractivity contribution >= 4 is 11.6 Å². The Bertz CT molecular complexity index is 200. The van der Waals surface area contributed by atoms with E-state index in [0.29, 0.717) is 12.5 Å². The van der Waals surface area contributed by atoms with Crippen LogP contribution in [0.3, 0.4) is 0 Å². The second-order valence-electron chi connectivity index (χ2n) is 5.15. The fourth-order valence-electron chi connectivity index (χ4n) is 2.67. The van der Waals surface area contributed by atoms with Crippen molar-refractivity contribution in [1.82, 2.24) is 0 Å². The molecule has 2 atom stereocenters. The second kappa shape index (κ2) is 5.03. The van der Waals surface area contributed by atoms with Crippen LogP contribution in [0.1, 0.15) is 45.4 Å². The minimum absolute atomic E-state index is 0.0145. The van der Waals surface area contributed by atoms with Crippen molar-refractivity contribution in [3.05, 3.63) is 0 Å². The Hall–Kier alpha value is 0.210. The van der Waals surface area contributed by atoms with E-state index in [1.54, 1.807) is 0 Å². The van der Waals surface area contributed by atoms with Crippen molar-refractivity contribution in [2.45, 2.75) is 57.8 Å². The Morgan fingerprint density at radius 3 is 2.40 bits per heavy atom. The van der Waals surface area contributed by atoms with Gasteiger partial charge in [-0.05, 0) is 12.8 Å². The molecule has 1 saturated carbocycles. The molecular weight excluding hydrogens is 212 g/mol. The molecule has 3 heteroatoms. The van der Waals surface area contributed by atoms with Crippen LogP contribution in [-0.2, 0) is 9.47 Å². The van der Waals surface area contributed by atoms with Gasteiger partial charge in [-0.3, -0.25) is 0 Å². The van der Waals surface area contributed by atoms with Crippen molar-refractivity contribution in [2.24, 2.45) is 5.41 Å². The summed E-state index contributed by atoms with van der Waals surface area (Å²) in [5.41, 5.74) is 0.220. The van der Waals surface area contributed by atoms with Gasteiger partial charge >= 0.3 is 0 Å². The monoisotopic (exact) mass is 232 g/mol. The number of alkyl halides is 1. The van der Waals surface area contributed by atoms with Gasteiger partial charge in [-0.1, -0.05) is 32.6 Å². The molecule has 0 spiro atoms. The van der Waals surface area contributed by atoms with Gasteiger partial charge in [0, 0.05) is 5.41 Å². The van der Waals surface area contributed by atoms with Gasteiger partial charge in [-0.2, -0.15) is 0 Å². The molecule has 0 amide bonds. The first-order chi connectivity index (χ1) is 7.24. The molecule has 1 heterocycles. The highest BCUT2D eigenvalue weighted by Gasteiger charge is 2.41. The molecule has 1 saturated heterocycles. The Morgan fingerprint density at radius 2 is 1.87 bits per heavy atom. The molecule has 0 bridgehead atoms. The van der Waals surface area contributed by atoms with E-state index in [9.17, 15) is 0 Å². The molecule has 2 nitrogen and oxygen atoms in total. The van der Waals surface area contributed by atoms with E-state index >= 15 is 0 Å². The molecule has 0 radical (unpaired) electrons. The zero-order valence-electron chi connectivity index (χ0n) is 9.51. The summed E-state index contributed by atoms with van der Waals surface area (Å²) in [4.78, 5) is 0. The zero-order valence-corrected chi connectivity index (χ0v) is 10.3. The minimum atomic E-state index is -0.0145. The average Bonchev–Trinajstić information content (AvgIpc) is 2.63. The van der Waals surface area contributed by atoms with Crippen LogP contribution in [0, 0.1) is 5.41 Å². The normalized spacial score (nSPS) is 36.4. The molecule has 0 aromatic carbocycles. The number of hydrogen-bond acceptors (Lipinski definition) is 2. The van der Waals surface area contributed by atoms with Crippen LogP contribution in [0.5, 0.6) is 0 Å². The quantitative estimate of drug-likeness (QED) is 0.537. The van der Waals surface area contributed by atoms with Gasteiger partial charge in [0.1, 0.15) is 0 Å². The van der Waals surface area contributed by atoms with Gasteiger partial charge in [-0.25, -0.2) is 0 Å². The minimum Gasteiger partial charge on any atom is -0.349 e. The van der Waals surface area contributed by atoms with Crippen LogP contribution in [-0.4, -0.2) is 24.9 Å². The zero-order chi connectivity index (χ0) is 10.7. The van der Waals surface area contributed by atoms with E-state index in [1.807, 2.05) is 0 Å². The van der Waals surface area contributed by atoms with Crippen molar-refractivity contribution in [2.75, 3.05) is 12.5 Å². The lowest BCUT2D eigenvalue weighted by Gasteiger charge is -2.33. The van der Waals surface area contributed by atoms with Gasteiger partial charge in [0.15, 0.2) is 6.29 Å². The third kappa shape index (κ3) is 2.66. The Balaban J connectivity index is 1.95. The standard InChI is InChI=1S/C12H21ClO2/c1-12(6-4-2-3-5-7-12)11-14-9-10(8-13)15-11/h10-11H,2-9H2,1H3. The second-order valence-corrected chi connectivity index (χ2v) is 5.45. The first-order valence-corrected chi connectivity index (χ1v) is 6.61. The van der Waals surface area contributed by atoms with E-state index < -0.39 is 0 Å². The third-order valence-corrected chi connectivity index (χ3v) is 4.08. The number of rotatable bonds is 2. The predicted molar refractivity (Wildman–Crippen MR) is 61.1 cm³/mol. The Morgan fingerprint density at radius 1 is 1.20 bits per heavy atom. The molecular formula is C12H21ClO2. The lowest BCUT2D eigenvalue weighted by molar-refractivity contribution is -0.140. The van der Waals surface area contributed by atoms with E-state index in [-0.39, 0.29) is 17.8 Å². The average molecular weight is 233 g/mol. The van der Waals surface area contributed by atoms with Crippen LogP contribution in [0.25, 0.3) is 0 Å². The Kier molecular flexibility index (Phi) is 3.92. The molecule has 1 aliphatic heterocycles. The van der Waals surface area contributed by atoms with Crippen molar-refractivity contribution in [1.29, 1.82) is 0 Å². The molecule has 15 heavy (non-hydrogen) atoms. The Labute approximate surface area is 97.3 Å². The summed E-state index contributed by atoms with van der Waals surface area (Å²) in [6.07, 6.45) is 7.90. The molecule has 2 unspecified atom stereocenters. The fourth-order valence-corrected chi connectivity index (χ4v) is 2.83. The van der Waals surface area contributed by atoms with Gasteiger partial charge in [0.05, 0.1) is 18.6 Å². The SMILES string of the molecule is CC1(C2OCC(CCl)O2)CCCCCC1. The summed E-state index contributed by atoms with van der Waals surface area (Å²) < 4.78 is 11.6. The van der Waals surface area contributed by atoms with E-state index in [4.69, 9.17) is 21.1 Å². The van der Waals surface area contributed by atoms with Crippen LogP contribution < -0.4 is 0 Å². The fraction of sp³-hybridized carbons (Fsp3) is 1.00. The van der Waals surface area contributed by atoms with Crippen LogP contribution >= 0.6 is 11.6 Å². The van der Waals surface area contributed by atoms with E-state index in [1.165, 1.54) is 38.5 Å². The summed E-state index contributed by atoms with van der Waals surface area (Å²) in [6, 6.07) is 0. The number of ether oxygens (including phenoxy) is 2. The summed E-state index contributed by atoms with van der Waals surface area (Å²) >= 11 is 5.78. The van der Waals surface area contributed by atoms with E-state index in [2.05, 4.69) is 6.92 Å². The molecule has 0 aromatic heterocycles. The molecule has 2 rings (SSSR count). The lowest BCUT2D eigenvalue weighted by atomic mass is 9.82. The van der Waals surface area contributed by atoms with E-state index in [0.717, 1.165) is 0 Å². The highest BCUT2D eigenvalue weighted by atomic mass is 35.5. The largest absolute Gasteiger partial charge is 0.349 e. The van der Waals surface area contributed by atoms with Gasteiger partial charge in [0.2, 0.25) is 0 Å².